The summed E-state index contributed by atoms with van der Waals surface area (Å²) in [6, 6.07) is 11.8. The van der Waals surface area contributed by atoms with Gasteiger partial charge in [0.1, 0.15) is 0 Å². The van der Waals surface area contributed by atoms with E-state index in [0.717, 1.165) is 0 Å². The van der Waals surface area contributed by atoms with Gasteiger partial charge >= 0.3 is 0 Å². The van der Waals surface area contributed by atoms with Crippen molar-refractivity contribution in [1.29, 1.82) is 0 Å². The third kappa shape index (κ3) is 3.28. The van der Waals surface area contributed by atoms with Crippen molar-refractivity contribution in [3.05, 3.63) is 74.8 Å². The average molecular weight is 347 g/mol. The van der Waals surface area contributed by atoms with Crippen LogP contribution in [0.1, 0.15) is 16.8 Å². The Hall–Kier alpha value is -2.17. The fraction of sp³-hybridized carbons (Fsp3) is 0.118. The van der Waals surface area contributed by atoms with Crippen LogP contribution < -0.4 is 5.56 Å². The van der Waals surface area contributed by atoms with Crippen molar-refractivity contribution in [3.63, 3.8) is 0 Å². The van der Waals surface area contributed by atoms with Gasteiger partial charge in [0.05, 0.1) is 22.3 Å². The predicted molar refractivity (Wildman–Crippen MR) is 91.4 cm³/mol. The molecule has 0 unspecified atom stereocenters. The number of Topliss-reactive ketones (excluding diaryl/α,β-unsaturated/α-hetero) is 1. The van der Waals surface area contributed by atoms with Crippen LogP contribution in [0.15, 0.2) is 53.6 Å². The van der Waals surface area contributed by atoms with E-state index in [1.807, 2.05) is 6.07 Å². The first kappa shape index (κ1) is 15.7. The highest BCUT2D eigenvalue weighted by Gasteiger charge is 2.12. The minimum Gasteiger partial charge on any atom is -0.298 e. The van der Waals surface area contributed by atoms with Crippen LogP contribution in [0, 0.1) is 0 Å². The normalized spacial score (nSPS) is 10.9. The van der Waals surface area contributed by atoms with Gasteiger partial charge in [-0.2, -0.15) is 0 Å². The maximum atomic E-state index is 12.4. The summed E-state index contributed by atoms with van der Waals surface area (Å²) >= 11 is 11.9. The molecule has 0 aliphatic heterocycles. The van der Waals surface area contributed by atoms with Crippen LogP contribution in [-0.4, -0.2) is 15.3 Å². The lowest BCUT2D eigenvalue weighted by Gasteiger charge is -2.07. The van der Waals surface area contributed by atoms with Gasteiger partial charge in [0, 0.05) is 23.6 Å². The van der Waals surface area contributed by atoms with Crippen molar-refractivity contribution in [2.24, 2.45) is 0 Å². The lowest BCUT2D eigenvalue weighted by atomic mass is 10.1. The van der Waals surface area contributed by atoms with Gasteiger partial charge in [-0.25, -0.2) is 4.98 Å². The number of aryl methyl sites for hydroxylation is 1. The van der Waals surface area contributed by atoms with E-state index in [2.05, 4.69) is 4.98 Å². The van der Waals surface area contributed by atoms with Gasteiger partial charge < -0.3 is 0 Å². The molecule has 0 aliphatic rings. The fourth-order valence-corrected chi connectivity index (χ4v) is 2.85. The SMILES string of the molecule is O=C(CCn1cnc2ccccc2c1=O)c1ccc(Cl)cc1Cl. The lowest BCUT2D eigenvalue weighted by molar-refractivity contribution is 0.0977. The number of benzene rings is 2. The van der Waals surface area contributed by atoms with Crippen molar-refractivity contribution in [1.82, 2.24) is 9.55 Å². The fourth-order valence-electron chi connectivity index (χ4n) is 2.34. The van der Waals surface area contributed by atoms with Crippen LogP contribution in [-0.2, 0) is 6.54 Å². The quantitative estimate of drug-likeness (QED) is 0.671. The lowest BCUT2D eigenvalue weighted by Crippen LogP contribution is -2.22. The second kappa shape index (κ2) is 6.52. The highest BCUT2D eigenvalue weighted by atomic mass is 35.5. The maximum Gasteiger partial charge on any atom is 0.261 e. The highest BCUT2D eigenvalue weighted by molar-refractivity contribution is 6.36. The van der Waals surface area contributed by atoms with Gasteiger partial charge in [0.15, 0.2) is 5.78 Å². The van der Waals surface area contributed by atoms with Gasteiger partial charge in [0.2, 0.25) is 0 Å². The van der Waals surface area contributed by atoms with Gasteiger partial charge in [-0.1, -0.05) is 35.3 Å². The van der Waals surface area contributed by atoms with Gasteiger partial charge in [0.25, 0.3) is 5.56 Å². The molecule has 1 heterocycles. The number of carbonyl (C=O) groups is 1. The third-order valence-corrected chi connectivity index (χ3v) is 4.09. The molecule has 0 bridgehead atoms. The molecule has 0 saturated carbocycles. The number of ketones is 1. The standard InChI is InChI=1S/C17H12Cl2N2O2/c18-11-5-6-12(14(19)9-11)16(22)7-8-21-10-20-15-4-2-1-3-13(15)17(21)23/h1-6,9-10H,7-8H2. The molecular formula is C17H12Cl2N2O2. The summed E-state index contributed by atoms with van der Waals surface area (Å²) in [5.74, 6) is -0.147. The minimum atomic E-state index is -0.161. The molecule has 0 amide bonds. The molecule has 116 valence electrons. The summed E-state index contributed by atoms with van der Waals surface area (Å²) in [5, 5.41) is 1.32. The molecule has 0 fully saturated rings. The van der Waals surface area contributed by atoms with Crippen LogP contribution in [0.3, 0.4) is 0 Å². The van der Waals surface area contributed by atoms with Crippen LogP contribution in [0.2, 0.25) is 10.0 Å². The first-order valence-corrected chi connectivity index (χ1v) is 7.74. The number of para-hydroxylation sites is 1. The number of nitrogens with zero attached hydrogens (tertiary/aromatic N) is 2. The first-order valence-electron chi connectivity index (χ1n) is 6.98. The number of aromatic nitrogens is 2. The van der Waals surface area contributed by atoms with E-state index in [-0.39, 0.29) is 24.3 Å². The molecule has 4 nitrogen and oxygen atoms in total. The Kier molecular flexibility index (Phi) is 4.46. The smallest absolute Gasteiger partial charge is 0.261 e. The van der Waals surface area contributed by atoms with E-state index in [1.165, 1.54) is 17.0 Å². The van der Waals surface area contributed by atoms with Crippen molar-refractivity contribution in [3.8, 4) is 0 Å². The summed E-state index contributed by atoms with van der Waals surface area (Å²) in [6.07, 6.45) is 1.61. The van der Waals surface area contributed by atoms with E-state index in [9.17, 15) is 9.59 Å². The summed E-state index contributed by atoms with van der Waals surface area (Å²) < 4.78 is 1.43. The molecule has 0 radical (unpaired) electrons. The van der Waals surface area contributed by atoms with E-state index in [1.54, 1.807) is 30.3 Å². The van der Waals surface area contributed by atoms with Crippen LogP contribution in [0.4, 0.5) is 0 Å². The molecule has 0 saturated heterocycles. The Morgan fingerprint density at radius 3 is 2.70 bits per heavy atom. The maximum absolute atomic E-state index is 12.4. The second-order valence-corrected chi connectivity index (χ2v) is 5.90. The number of hydrogen-bond donors (Lipinski definition) is 0. The molecule has 1 aromatic heterocycles. The van der Waals surface area contributed by atoms with Crippen molar-refractivity contribution < 1.29 is 4.79 Å². The zero-order valence-electron chi connectivity index (χ0n) is 12.0. The largest absolute Gasteiger partial charge is 0.298 e. The van der Waals surface area contributed by atoms with Crippen molar-refractivity contribution >= 4 is 39.9 Å². The average Bonchev–Trinajstić information content (AvgIpc) is 2.54. The second-order valence-electron chi connectivity index (χ2n) is 5.06. The summed E-state index contributed by atoms with van der Waals surface area (Å²) in [6.45, 7) is 0.245. The zero-order chi connectivity index (χ0) is 16.4. The first-order chi connectivity index (χ1) is 11.1. The molecule has 6 heteroatoms. The molecule has 2 aromatic carbocycles. The number of hydrogen-bond acceptors (Lipinski definition) is 3. The molecular weight excluding hydrogens is 335 g/mol. The Bertz CT molecular complexity index is 951. The van der Waals surface area contributed by atoms with E-state index >= 15 is 0 Å². The number of fused-ring (bicyclic) bond motifs is 1. The molecule has 23 heavy (non-hydrogen) atoms. The topological polar surface area (TPSA) is 52.0 Å². The van der Waals surface area contributed by atoms with Crippen molar-refractivity contribution in [2.75, 3.05) is 0 Å². The van der Waals surface area contributed by atoms with Crippen molar-refractivity contribution in [2.45, 2.75) is 13.0 Å². The van der Waals surface area contributed by atoms with Crippen LogP contribution in [0.5, 0.6) is 0 Å². The van der Waals surface area contributed by atoms with Gasteiger partial charge in [-0.3, -0.25) is 14.2 Å². The number of carbonyl (C=O) groups excluding carboxylic acids is 1. The Morgan fingerprint density at radius 2 is 1.91 bits per heavy atom. The monoisotopic (exact) mass is 346 g/mol. The minimum absolute atomic E-state index is 0.147. The predicted octanol–water partition coefficient (Wildman–Crippen LogP) is 3.98. The van der Waals surface area contributed by atoms with E-state index in [0.29, 0.717) is 26.5 Å². The van der Waals surface area contributed by atoms with Gasteiger partial charge in [-0.05, 0) is 30.3 Å². The molecule has 0 spiro atoms. The third-order valence-electron chi connectivity index (χ3n) is 3.54. The Morgan fingerprint density at radius 1 is 1.13 bits per heavy atom. The molecule has 0 N–H and O–H groups in total. The summed E-state index contributed by atoms with van der Waals surface area (Å²) in [4.78, 5) is 28.8. The number of rotatable bonds is 4. The number of halogens is 2. The highest BCUT2D eigenvalue weighted by Crippen LogP contribution is 2.22. The molecule has 3 aromatic rings. The van der Waals surface area contributed by atoms with E-state index < -0.39 is 0 Å². The van der Waals surface area contributed by atoms with E-state index in [4.69, 9.17) is 23.2 Å². The van der Waals surface area contributed by atoms with Crippen LogP contribution in [0.25, 0.3) is 10.9 Å². The zero-order valence-corrected chi connectivity index (χ0v) is 13.5. The molecule has 3 rings (SSSR count). The Labute approximate surface area is 142 Å². The van der Waals surface area contributed by atoms with Gasteiger partial charge in [-0.15, -0.1) is 0 Å². The molecule has 0 aliphatic carbocycles. The Balaban J connectivity index is 1.82. The molecule has 0 atom stereocenters. The summed E-state index contributed by atoms with van der Waals surface area (Å²) in [5.41, 5.74) is 0.879. The van der Waals surface area contributed by atoms with Crippen LogP contribution >= 0.6 is 23.2 Å². The summed E-state index contributed by atoms with van der Waals surface area (Å²) in [7, 11) is 0.